The van der Waals surface area contributed by atoms with E-state index >= 15 is 0 Å². The summed E-state index contributed by atoms with van der Waals surface area (Å²) in [5.41, 5.74) is 5.15. The molecule has 1 aromatic rings. The molecule has 1 aliphatic heterocycles. The number of aromatic nitrogens is 2. The summed E-state index contributed by atoms with van der Waals surface area (Å²) < 4.78 is 5.24. The standard InChI is InChI=1S/C11H15N3O4/c12-10-7(4-9(15)16)11(17)14-8(13-10)3-6-1-2-18-5-6/h6H,1-5H2,(H,15,16)(H3,12,13,14,17). The third kappa shape index (κ3) is 2.86. The lowest BCUT2D eigenvalue weighted by Crippen LogP contribution is -2.23. The number of hydrogen-bond acceptors (Lipinski definition) is 5. The van der Waals surface area contributed by atoms with Crippen molar-refractivity contribution in [2.45, 2.75) is 19.3 Å². The van der Waals surface area contributed by atoms with E-state index in [1.807, 2.05) is 0 Å². The minimum atomic E-state index is -1.11. The van der Waals surface area contributed by atoms with Gasteiger partial charge in [0, 0.05) is 19.6 Å². The second-order valence-corrected chi connectivity index (χ2v) is 4.38. The lowest BCUT2D eigenvalue weighted by Gasteiger charge is -2.08. The first-order valence-electron chi connectivity index (χ1n) is 5.73. The molecule has 0 bridgehead atoms. The van der Waals surface area contributed by atoms with Crippen LogP contribution in [0.15, 0.2) is 4.79 Å². The van der Waals surface area contributed by atoms with Crippen LogP contribution in [0, 0.1) is 5.92 Å². The Balaban J connectivity index is 2.19. The minimum Gasteiger partial charge on any atom is -0.481 e. The van der Waals surface area contributed by atoms with E-state index in [-0.39, 0.29) is 11.4 Å². The van der Waals surface area contributed by atoms with Crippen LogP contribution in [0.2, 0.25) is 0 Å². The Bertz CT molecular complexity index is 506. The Kier molecular flexibility index (Phi) is 3.61. The zero-order chi connectivity index (χ0) is 13.1. The van der Waals surface area contributed by atoms with Crippen molar-refractivity contribution in [2.24, 2.45) is 5.92 Å². The molecule has 0 aliphatic carbocycles. The molecule has 0 aromatic carbocycles. The summed E-state index contributed by atoms with van der Waals surface area (Å²) in [7, 11) is 0. The number of nitrogens with two attached hydrogens (primary N) is 1. The van der Waals surface area contributed by atoms with Crippen molar-refractivity contribution in [3.63, 3.8) is 0 Å². The van der Waals surface area contributed by atoms with Gasteiger partial charge in [0.15, 0.2) is 0 Å². The monoisotopic (exact) mass is 253 g/mol. The van der Waals surface area contributed by atoms with E-state index in [0.29, 0.717) is 24.8 Å². The van der Waals surface area contributed by atoms with Crippen molar-refractivity contribution in [2.75, 3.05) is 18.9 Å². The molecule has 18 heavy (non-hydrogen) atoms. The lowest BCUT2D eigenvalue weighted by molar-refractivity contribution is -0.136. The van der Waals surface area contributed by atoms with Gasteiger partial charge in [0.2, 0.25) is 0 Å². The van der Waals surface area contributed by atoms with E-state index in [4.69, 9.17) is 15.6 Å². The number of carboxylic acid groups (broad SMARTS) is 1. The minimum absolute atomic E-state index is 0.00457. The SMILES string of the molecule is Nc1nc(CC2CCOC2)[nH]c(=O)c1CC(=O)O. The number of hydrogen-bond donors (Lipinski definition) is 3. The van der Waals surface area contributed by atoms with Crippen molar-refractivity contribution in [1.82, 2.24) is 9.97 Å². The average Bonchev–Trinajstić information content (AvgIpc) is 2.76. The van der Waals surface area contributed by atoms with Gasteiger partial charge in [-0.3, -0.25) is 9.59 Å². The molecule has 4 N–H and O–H groups in total. The second kappa shape index (κ2) is 5.18. The van der Waals surface area contributed by atoms with Crippen LogP contribution in [-0.4, -0.2) is 34.3 Å². The molecule has 7 nitrogen and oxygen atoms in total. The Labute approximate surface area is 103 Å². The molecule has 1 atom stereocenters. The number of anilines is 1. The Morgan fingerprint density at radius 1 is 1.61 bits per heavy atom. The lowest BCUT2D eigenvalue weighted by atomic mass is 10.0. The van der Waals surface area contributed by atoms with Gasteiger partial charge in [-0.25, -0.2) is 4.98 Å². The van der Waals surface area contributed by atoms with Crippen LogP contribution in [-0.2, 0) is 22.4 Å². The van der Waals surface area contributed by atoms with Gasteiger partial charge in [-0.2, -0.15) is 0 Å². The molecule has 1 unspecified atom stereocenters. The fourth-order valence-corrected chi connectivity index (χ4v) is 2.00. The quantitative estimate of drug-likeness (QED) is 0.669. The number of H-pyrrole nitrogens is 1. The summed E-state index contributed by atoms with van der Waals surface area (Å²) in [4.78, 5) is 28.9. The second-order valence-electron chi connectivity index (χ2n) is 4.38. The molecule has 0 amide bonds. The summed E-state index contributed by atoms with van der Waals surface area (Å²) in [6, 6.07) is 0. The Hall–Kier alpha value is -1.89. The van der Waals surface area contributed by atoms with Gasteiger partial charge < -0.3 is 20.6 Å². The topological polar surface area (TPSA) is 118 Å². The molecule has 0 saturated carbocycles. The average molecular weight is 253 g/mol. The highest BCUT2D eigenvalue weighted by atomic mass is 16.5. The van der Waals surface area contributed by atoms with Crippen molar-refractivity contribution in [3.05, 3.63) is 21.7 Å². The normalized spacial score (nSPS) is 19.0. The van der Waals surface area contributed by atoms with Crippen molar-refractivity contribution in [1.29, 1.82) is 0 Å². The molecular formula is C11H15N3O4. The molecule has 2 heterocycles. The van der Waals surface area contributed by atoms with E-state index in [2.05, 4.69) is 9.97 Å². The first kappa shape index (κ1) is 12.6. The number of aromatic amines is 1. The first-order valence-corrected chi connectivity index (χ1v) is 5.73. The smallest absolute Gasteiger partial charge is 0.308 e. The third-order valence-electron chi connectivity index (χ3n) is 2.93. The van der Waals surface area contributed by atoms with Gasteiger partial charge in [0.25, 0.3) is 5.56 Å². The Morgan fingerprint density at radius 2 is 2.39 bits per heavy atom. The largest absolute Gasteiger partial charge is 0.481 e. The number of aliphatic carboxylic acids is 1. The van der Waals surface area contributed by atoms with Crippen LogP contribution in [0.1, 0.15) is 17.8 Å². The van der Waals surface area contributed by atoms with Gasteiger partial charge in [-0.15, -0.1) is 0 Å². The first-order chi connectivity index (χ1) is 8.56. The molecule has 7 heteroatoms. The van der Waals surface area contributed by atoms with E-state index in [0.717, 1.165) is 13.0 Å². The summed E-state index contributed by atoms with van der Waals surface area (Å²) in [5.74, 6) is -0.291. The molecule has 0 radical (unpaired) electrons. The maximum absolute atomic E-state index is 11.7. The highest BCUT2D eigenvalue weighted by molar-refractivity contribution is 5.71. The molecule has 1 fully saturated rings. The molecule has 1 aliphatic rings. The van der Waals surface area contributed by atoms with Crippen LogP contribution in [0.5, 0.6) is 0 Å². The third-order valence-corrected chi connectivity index (χ3v) is 2.93. The van der Waals surface area contributed by atoms with E-state index < -0.39 is 17.9 Å². The summed E-state index contributed by atoms with van der Waals surface area (Å²) in [5, 5.41) is 8.66. The highest BCUT2D eigenvalue weighted by Crippen LogP contribution is 2.16. The number of nitrogens with zero attached hydrogens (tertiary/aromatic N) is 1. The Morgan fingerprint density at radius 3 is 2.94 bits per heavy atom. The van der Waals surface area contributed by atoms with Gasteiger partial charge in [-0.05, 0) is 12.3 Å². The zero-order valence-corrected chi connectivity index (χ0v) is 9.81. The molecule has 0 spiro atoms. The highest BCUT2D eigenvalue weighted by Gasteiger charge is 2.19. The summed E-state index contributed by atoms with van der Waals surface area (Å²) in [6.45, 7) is 1.38. The van der Waals surface area contributed by atoms with Crippen LogP contribution in [0.3, 0.4) is 0 Å². The number of ether oxygens (including phenoxy) is 1. The van der Waals surface area contributed by atoms with Crippen LogP contribution >= 0.6 is 0 Å². The maximum atomic E-state index is 11.7. The van der Waals surface area contributed by atoms with Gasteiger partial charge in [-0.1, -0.05) is 0 Å². The van der Waals surface area contributed by atoms with Gasteiger partial charge in [0.05, 0.1) is 12.0 Å². The van der Waals surface area contributed by atoms with E-state index in [9.17, 15) is 9.59 Å². The van der Waals surface area contributed by atoms with Gasteiger partial charge >= 0.3 is 5.97 Å². The predicted octanol–water partition coefficient (Wildman–Crippen LogP) is -0.442. The number of nitrogens with one attached hydrogen (secondary N) is 1. The van der Waals surface area contributed by atoms with E-state index in [1.54, 1.807) is 0 Å². The molecule has 2 rings (SSSR count). The summed E-state index contributed by atoms with van der Waals surface area (Å²) in [6.07, 6.45) is 1.11. The zero-order valence-electron chi connectivity index (χ0n) is 9.81. The molecule has 98 valence electrons. The molecule has 1 aromatic heterocycles. The number of carbonyl (C=O) groups is 1. The van der Waals surface area contributed by atoms with Gasteiger partial charge in [0.1, 0.15) is 11.6 Å². The van der Waals surface area contributed by atoms with Crippen LogP contribution in [0.4, 0.5) is 5.82 Å². The summed E-state index contributed by atoms with van der Waals surface area (Å²) >= 11 is 0. The maximum Gasteiger partial charge on any atom is 0.308 e. The molecule has 1 saturated heterocycles. The fraction of sp³-hybridized carbons (Fsp3) is 0.545. The van der Waals surface area contributed by atoms with Crippen molar-refractivity contribution < 1.29 is 14.6 Å². The van der Waals surface area contributed by atoms with Crippen molar-refractivity contribution in [3.8, 4) is 0 Å². The molecular weight excluding hydrogens is 238 g/mol. The number of carboxylic acids is 1. The van der Waals surface area contributed by atoms with Crippen LogP contribution in [0.25, 0.3) is 0 Å². The number of nitrogen functional groups attached to an aromatic ring is 1. The van der Waals surface area contributed by atoms with Crippen LogP contribution < -0.4 is 11.3 Å². The van der Waals surface area contributed by atoms with E-state index in [1.165, 1.54) is 0 Å². The fourth-order valence-electron chi connectivity index (χ4n) is 2.00. The number of rotatable bonds is 4. The predicted molar refractivity (Wildman–Crippen MR) is 63.2 cm³/mol. The van der Waals surface area contributed by atoms with Crippen molar-refractivity contribution >= 4 is 11.8 Å².